The summed E-state index contributed by atoms with van der Waals surface area (Å²) in [6.45, 7) is 2.69. The number of amides is 1. The largest absolute Gasteiger partial charge is 0.384 e. The molecular formula is C14H20N4O. The lowest BCUT2D eigenvalue weighted by atomic mass is 9.95. The van der Waals surface area contributed by atoms with Crippen molar-refractivity contribution in [1.29, 1.82) is 0 Å². The number of nitrogen functional groups attached to an aromatic ring is 1. The third-order valence-electron chi connectivity index (χ3n) is 4.23. The predicted molar refractivity (Wildman–Crippen MR) is 72.2 cm³/mol. The Balaban J connectivity index is 1.76. The van der Waals surface area contributed by atoms with Crippen LogP contribution in [0.2, 0.25) is 0 Å². The third kappa shape index (κ3) is 2.29. The van der Waals surface area contributed by atoms with Crippen LogP contribution in [0, 0.1) is 12.8 Å². The van der Waals surface area contributed by atoms with Gasteiger partial charge in [-0.1, -0.05) is 12.8 Å². The summed E-state index contributed by atoms with van der Waals surface area (Å²) in [6, 6.07) is 1.91. The number of hydrogen-bond acceptors (Lipinski definition) is 4. The highest BCUT2D eigenvalue weighted by molar-refractivity contribution is 5.80. The molecule has 5 heteroatoms. The maximum Gasteiger partial charge on any atom is 0.226 e. The van der Waals surface area contributed by atoms with Gasteiger partial charge in [0.1, 0.15) is 11.6 Å². The molecule has 2 N–H and O–H groups in total. The molecule has 1 aliphatic carbocycles. The molecule has 0 spiro atoms. The van der Waals surface area contributed by atoms with Crippen molar-refractivity contribution in [3.8, 4) is 0 Å². The van der Waals surface area contributed by atoms with E-state index in [2.05, 4.69) is 9.97 Å². The monoisotopic (exact) mass is 260 g/mol. The first kappa shape index (κ1) is 12.4. The van der Waals surface area contributed by atoms with E-state index >= 15 is 0 Å². The molecule has 2 aliphatic rings. The van der Waals surface area contributed by atoms with E-state index in [4.69, 9.17) is 5.73 Å². The van der Waals surface area contributed by atoms with Gasteiger partial charge in [-0.3, -0.25) is 4.79 Å². The average molecular weight is 260 g/mol. The van der Waals surface area contributed by atoms with Gasteiger partial charge in [-0.15, -0.1) is 0 Å². The highest BCUT2D eigenvalue weighted by Gasteiger charge is 2.38. The lowest BCUT2D eigenvalue weighted by Crippen LogP contribution is -2.47. The molecule has 0 radical (unpaired) electrons. The second-order valence-electron chi connectivity index (χ2n) is 5.58. The first-order valence-corrected chi connectivity index (χ1v) is 7.06. The zero-order valence-corrected chi connectivity index (χ0v) is 11.3. The Hall–Kier alpha value is -1.65. The number of anilines is 1. The Morgan fingerprint density at radius 1 is 1.32 bits per heavy atom. The van der Waals surface area contributed by atoms with Gasteiger partial charge in [-0.25, -0.2) is 9.97 Å². The number of likely N-dealkylation sites (tertiary alicyclic amines) is 1. The van der Waals surface area contributed by atoms with E-state index in [9.17, 15) is 4.79 Å². The molecule has 2 heterocycles. The summed E-state index contributed by atoms with van der Waals surface area (Å²) < 4.78 is 0. The zero-order valence-electron chi connectivity index (χ0n) is 11.3. The normalized spacial score (nSPS) is 23.4. The lowest BCUT2D eigenvalue weighted by molar-refractivity contribution is -0.143. The summed E-state index contributed by atoms with van der Waals surface area (Å²) in [5.74, 6) is 1.71. The Bertz CT molecular complexity index is 476. The quantitative estimate of drug-likeness (QED) is 0.880. The summed E-state index contributed by atoms with van der Waals surface area (Å²) in [6.07, 6.45) is 5.46. The lowest BCUT2D eigenvalue weighted by Gasteiger charge is -2.42. The van der Waals surface area contributed by atoms with Gasteiger partial charge < -0.3 is 10.6 Å². The molecule has 19 heavy (non-hydrogen) atoms. The molecule has 1 aromatic heterocycles. The van der Waals surface area contributed by atoms with Gasteiger partial charge in [0, 0.05) is 18.5 Å². The molecule has 0 bridgehead atoms. The standard InChI is InChI=1S/C14H20N4O/c1-9-16-11(8-13(15)17-9)12-6-7-18(12)14(19)10-4-2-3-5-10/h8,10,12H,2-7H2,1H3,(H2,15,16,17)/t12-/m0/s1. The maximum atomic E-state index is 12.4. The van der Waals surface area contributed by atoms with Crippen LogP contribution in [0.3, 0.4) is 0 Å². The van der Waals surface area contributed by atoms with Gasteiger partial charge in [-0.05, 0) is 26.2 Å². The molecule has 1 aliphatic heterocycles. The second kappa shape index (κ2) is 4.79. The van der Waals surface area contributed by atoms with Crippen LogP contribution in [0.4, 0.5) is 5.82 Å². The molecule has 1 atom stereocenters. The van der Waals surface area contributed by atoms with Crippen molar-refractivity contribution in [3.63, 3.8) is 0 Å². The number of aryl methyl sites for hydroxylation is 1. The number of rotatable bonds is 2. The van der Waals surface area contributed by atoms with Crippen LogP contribution in [-0.2, 0) is 4.79 Å². The van der Waals surface area contributed by atoms with E-state index in [0.29, 0.717) is 17.5 Å². The molecule has 0 aromatic carbocycles. The van der Waals surface area contributed by atoms with Gasteiger partial charge in [0.15, 0.2) is 0 Å². The molecule has 0 unspecified atom stereocenters. The van der Waals surface area contributed by atoms with Crippen molar-refractivity contribution in [1.82, 2.24) is 14.9 Å². The molecule has 102 valence electrons. The first-order valence-electron chi connectivity index (χ1n) is 7.06. The molecule has 1 amide bonds. The highest BCUT2D eigenvalue weighted by Crippen LogP contribution is 2.37. The Morgan fingerprint density at radius 3 is 2.63 bits per heavy atom. The van der Waals surface area contributed by atoms with Crippen molar-refractivity contribution < 1.29 is 4.79 Å². The van der Waals surface area contributed by atoms with E-state index in [1.165, 1.54) is 12.8 Å². The molecule has 1 aromatic rings. The van der Waals surface area contributed by atoms with Gasteiger partial charge in [0.05, 0.1) is 11.7 Å². The fourth-order valence-corrected chi connectivity index (χ4v) is 3.15. The summed E-state index contributed by atoms with van der Waals surface area (Å²) in [4.78, 5) is 22.9. The van der Waals surface area contributed by atoms with E-state index in [-0.39, 0.29) is 12.0 Å². The predicted octanol–water partition coefficient (Wildman–Crippen LogP) is 1.83. The van der Waals surface area contributed by atoms with Crippen LogP contribution in [0.1, 0.15) is 49.7 Å². The molecule has 5 nitrogen and oxygen atoms in total. The Morgan fingerprint density at radius 2 is 2.05 bits per heavy atom. The Labute approximate surface area is 113 Å². The van der Waals surface area contributed by atoms with Crippen molar-refractivity contribution in [3.05, 3.63) is 17.6 Å². The molecule has 1 saturated carbocycles. The van der Waals surface area contributed by atoms with Gasteiger partial charge in [0.25, 0.3) is 0 Å². The zero-order chi connectivity index (χ0) is 13.4. The van der Waals surface area contributed by atoms with Crippen molar-refractivity contribution in [2.45, 2.75) is 45.1 Å². The average Bonchev–Trinajstić information content (AvgIpc) is 2.78. The minimum atomic E-state index is 0.108. The van der Waals surface area contributed by atoms with Crippen LogP contribution in [-0.4, -0.2) is 27.3 Å². The molecule has 2 fully saturated rings. The van der Waals surface area contributed by atoms with Crippen LogP contribution in [0.25, 0.3) is 0 Å². The van der Waals surface area contributed by atoms with E-state index in [1.807, 2.05) is 11.8 Å². The SMILES string of the molecule is Cc1nc(N)cc([C@@H]2CCN2C(=O)C2CCCC2)n1. The number of carbonyl (C=O) groups excluding carboxylic acids is 1. The smallest absolute Gasteiger partial charge is 0.226 e. The number of hydrogen-bond donors (Lipinski definition) is 1. The van der Waals surface area contributed by atoms with Crippen LogP contribution in [0.15, 0.2) is 6.07 Å². The topological polar surface area (TPSA) is 72.1 Å². The van der Waals surface area contributed by atoms with Crippen LogP contribution in [0.5, 0.6) is 0 Å². The minimum Gasteiger partial charge on any atom is -0.384 e. The fraction of sp³-hybridized carbons (Fsp3) is 0.643. The number of carbonyl (C=O) groups is 1. The van der Waals surface area contributed by atoms with Gasteiger partial charge in [-0.2, -0.15) is 0 Å². The number of nitrogens with zero attached hydrogens (tertiary/aromatic N) is 3. The third-order valence-corrected chi connectivity index (χ3v) is 4.23. The maximum absolute atomic E-state index is 12.4. The highest BCUT2D eigenvalue weighted by atomic mass is 16.2. The second-order valence-corrected chi connectivity index (χ2v) is 5.58. The fourth-order valence-electron chi connectivity index (χ4n) is 3.15. The van der Waals surface area contributed by atoms with Crippen LogP contribution < -0.4 is 5.73 Å². The Kier molecular flexibility index (Phi) is 3.12. The number of nitrogens with two attached hydrogens (primary N) is 1. The van der Waals surface area contributed by atoms with E-state index in [0.717, 1.165) is 31.5 Å². The van der Waals surface area contributed by atoms with Crippen molar-refractivity contribution >= 4 is 11.7 Å². The molecular weight excluding hydrogens is 240 g/mol. The minimum absolute atomic E-state index is 0.108. The van der Waals surface area contributed by atoms with Crippen molar-refractivity contribution in [2.75, 3.05) is 12.3 Å². The van der Waals surface area contributed by atoms with Gasteiger partial charge >= 0.3 is 0 Å². The summed E-state index contributed by atoms with van der Waals surface area (Å²) in [5, 5.41) is 0. The van der Waals surface area contributed by atoms with E-state index in [1.54, 1.807) is 6.07 Å². The van der Waals surface area contributed by atoms with Crippen molar-refractivity contribution in [2.24, 2.45) is 5.92 Å². The summed E-state index contributed by atoms with van der Waals surface area (Å²) in [7, 11) is 0. The summed E-state index contributed by atoms with van der Waals surface area (Å²) in [5.41, 5.74) is 6.66. The number of aromatic nitrogens is 2. The van der Waals surface area contributed by atoms with Crippen LogP contribution >= 0.6 is 0 Å². The molecule has 1 saturated heterocycles. The first-order chi connectivity index (χ1) is 9.15. The van der Waals surface area contributed by atoms with Gasteiger partial charge in [0.2, 0.25) is 5.91 Å². The summed E-state index contributed by atoms with van der Waals surface area (Å²) >= 11 is 0. The molecule has 3 rings (SSSR count). The van der Waals surface area contributed by atoms with E-state index < -0.39 is 0 Å².